The Labute approximate surface area is 168 Å². The van der Waals surface area contributed by atoms with Gasteiger partial charge in [-0.05, 0) is 25.2 Å². The first-order valence-electron chi connectivity index (χ1n) is 9.71. The Morgan fingerprint density at radius 1 is 1.21 bits per heavy atom. The number of hydrogen-bond acceptors (Lipinski definition) is 6. The van der Waals surface area contributed by atoms with E-state index in [0.717, 1.165) is 12.8 Å². The second-order valence-electron chi connectivity index (χ2n) is 8.10. The lowest BCUT2D eigenvalue weighted by molar-refractivity contribution is -0.140. The number of carboxylic acids is 1. The molecule has 10 nitrogen and oxygen atoms in total. The van der Waals surface area contributed by atoms with Gasteiger partial charge in [0.05, 0.1) is 18.6 Å². The van der Waals surface area contributed by atoms with Crippen LogP contribution in [-0.4, -0.2) is 63.3 Å². The minimum atomic E-state index is -1.32. The van der Waals surface area contributed by atoms with Crippen molar-refractivity contribution >= 4 is 23.7 Å². The van der Waals surface area contributed by atoms with Crippen LogP contribution in [0.4, 0.5) is 0 Å². The summed E-state index contributed by atoms with van der Waals surface area (Å²) >= 11 is 0. The number of carbonyl (C=O) groups excluding carboxylic acids is 3. The number of hydrogen-bond donors (Lipinski definition) is 6. The molecule has 0 aromatic rings. The summed E-state index contributed by atoms with van der Waals surface area (Å²) in [6, 6.07) is -1.93. The fourth-order valence-corrected chi connectivity index (χ4v) is 4.06. The average Bonchev–Trinajstić information content (AvgIpc) is 3.05. The standard InChI is InChI=1S/C19H29N3O7/c1-10(17(20)28)21-18(29)11-6-12(16(27)13(23)7-11)22-14(24)8-19(9-15(25)26)4-2-3-5-19/h6,10,12-13,16,23,27H,2-5,7-9H2,1H3,(H2,20,28)(H,21,29)(H,22,24)(H,25,26)/t10-,12-,13-,16-/m1/s1. The van der Waals surface area contributed by atoms with Gasteiger partial charge in [-0.15, -0.1) is 0 Å². The van der Waals surface area contributed by atoms with Gasteiger partial charge < -0.3 is 31.7 Å². The quantitative estimate of drug-likeness (QED) is 0.294. The van der Waals surface area contributed by atoms with Crippen molar-refractivity contribution in [1.82, 2.24) is 10.6 Å². The van der Waals surface area contributed by atoms with Crippen LogP contribution in [0.3, 0.4) is 0 Å². The predicted octanol–water partition coefficient (Wildman–Crippen LogP) is -1.06. The number of nitrogens with one attached hydrogen (secondary N) is 2. The van der Waals surface area contributed by atoms with Gasteiger partial charge in [0.15, 0.2) is 0 Å². The molecule has 7 N–H and O–H groups in total. The molecular formula is C19H29N3O7. The molecule has 29 heavy (non-hydrogen) atoms. The van der Waals surface area contributed by atoms with Crippen LogP contribution in [0.15, 0.2) is 11.6 Å². The van der Waals surface area contributed by atoms with Crippen molar-refractivity contribution in [3.63, 3.8) is 0 Å². The van der Waals surface area contributed by atoms with Crippen LogP contribution >= 0.6 is 0 Å². The minimum Gasteiger partial charge on any atom is -0.481 e. The third-order valence-electron chi connectivity index (χ3n) is 5.69. The molecule has 2 rings (SSSR count). The number of primary amides is 1. The number of nitrogens with two attached hydrogens (primary N) is 1. The van der Waals surface area contributed by atoms with Crippen molar-refractivity contribution in [3.8, 4) is 0 Å². The van der Waals surface area contributed by atoms with Crippen LogP contribution in [0, 0.1) is 5.41 Å². The number of amides is 3. The summed E-state index contributed by atoms with van der Waals surface area (Å²) in [6.07, 6.45) is 1.47. The molecular weight excluding hydrogens is 382 g/mol. The van der Waals surface area contributed by atoms with E-state index in [-0.39, 0.29) is 24.8 Å². The van der Waals surface area contributed by atoms with Crippen LogP contribution in [0.2, 0.25) is 0 Å². The summed E-state index contributed by atoms with van der Waals surface area (Å²) in [5.41, 5.74) is 4.62. The zero-order valence-electron chi connectivity index (χ0n) is 16.4. The second kappa shape index (κ2) is 9.36. The van der Waals surface area contributed by atoms with Gasteiger partial charge in [0.25, 0.3) is 0 Å². The van der Waals surface area contributed by atoms with Gasteiger partial charge in [0.1, 0.15) is 12.1 Å². The Hall–Kier alpha value is -2.46. The van der Waals surface area contributed by atoms with Crippen LogP contribution in [0.1, 0.15) is 51.9 Å². The Kier molecular flexibility index (Phi) is 7.37. The molecule has 162 valence electrons. The first-order valence-corrected chi connectivity index (χ1v) is 9.71. The summed E-state index contributed by atoms with van der Waals surface area (Å²) in [7, 11) is 0. The minimum absolute atomic E-state index is 0.00725. The van der Waals surface area contributed by atoms with Crippen LogP contribution in [0.5, 0.6) is 0 Å². The summed E-state index contributed by atoms with van der Waals surface area (Å²) in [5.74, 6) is -2.76. The number of rotatable bonds is 8. The lowest BCUT2D eigenvalue weighted by atomic mass is 9.79. The molecule has 0 saturated heterocycles. The Balaban J connectivity index is 2.08. The molecule has 0 aromatic heterocycles. The first kappa shape index (κ1) is 22.8. The molecule has 2 aliphatic carbocycles. The number of aliphatic hydroxyl groups excluding tert-OH is 2. The Morgan fingerprint density at radius 2 is 1.83 bits per heavy atom. The van der Waals surface area contributed by atoms with Gasteiger partial charge >= 0.3 is 5.97 Å². The normalized spacial score (nSPS) is 26.9. The highest BCUT2D eigenvalue weighted by Gasteiger charge is 2.40. The molecule has 0 radical (unpaired) electrons. The van der Waals surface area contributed by atoms with Crippen LogP contribution in [-0.2, 0) is 19.2 Å². The highest BCUT2D eigenvalue weighted by atomic mass is 16.4. The number of carboxylic acid groups (broad SMARTS) is 1. The van der Waals surface area contributed by atoms with Crippen molar-refractivity contribution in [2.45, 2.75) is 76.2 Å². The molecule has 3 amide bonds. The van der Waals surface area contributed by atoms with Crippen molar-refractivity contribution < 1.29 is 34.5 Å². The molecule has 0 unspecified atom stereocenters. The maximum Gasteiger partial charge on any atom is 0.303 e. The number of aliphatic hydroxyl groups is 2. The maximum absolute atomic E-state index is 12.6. The highest BCUT2D eigenvalue weighted by Crippen LogP contribution is 2.44. The first-order chi connectivity index (χ1) is 13.5. The molecule has 4 atom stereocenters. The SMILES string of the molecule is C[C@@H](NC(=O)C1=C[C@@H](NC(=O)CC2(CC(=O)O)CCCC2)[C@@H](O)[C@H](O)C1)C(N)=O. The van der Waals surface area contributed by atoms with Crippen molar-refractivity contribution in [2.24, 2.45) is 11.1 Å². The van der Waals surface area contributed by atoms with E-state index in [9.17, 15) is 29.4 Å². The second-order valence-corrected chi connectivity index (χ2v) is 8.10. The zero-order valence-corrected chi connectivity index (χ0v) is 16.4. The molecule has 0 aromatic carbocycles. The fraction of sp³-hybridized carbons (Fsp3) is 0.684. The van der Waals surface area contributed by atoms with Crippen LogP contribution in [0.25, 0.3) is 0 Å². The van der Waals surface area contributed by atoms with Gasteiger partial charge in [-0.2, -0.15) is 0 Å². The Morgan fingerprint density at radius 3 is 2.38 bits per heavy atom. The van der Waals surface area contributed by atoms with E-state index in [1.807, 2.05) is 0 Å². The number of aliphatic carboxylic acids is 1. The molecule has 2 aliphatic rings. The van der Waals surface area contributed by atoms with E-state index >= 15 is 0 Å². The van der Waals surface area contributed by atoms with E-state index in [4.69, 9.17) is 10.8 Å². The summed E-state index contributed by atoms with van der Waals surface area (Å²) in [5, 5.41) is 34.5. The van der Waals surface area contributed by atoms with Gasteiger partial charge in [-0.3, -0.25) is 19.2 Å². The average molecular weight is 411 g/mol. The van der Waals surface area contributed by atoms with Crippen LogP contribution < -0.4 is 16.4 Å². The lowest BCUT2D eigenvalue weighted by Gasteiger charge is -2.33. The summed E-state index contributed by atoms with van der Waals surface area (Å²) in [4.78, 5) is 47.2. The fourth-order valence-electron chi connectivity index (χ4n) is 4.06. The maximum atomic E-state index is 12.6. The zero-order chi connectivity index (χ0) is 21.8. The largest absolute Gasteiger partial charge is 0.481 e. The molecule has 1 saturated carbocycles. The summed E-state index contributed by atoms with van der Waals surface area (Å²) in [6.45, 7) is 1.41. The van der Waals surface area contributed by atoms with Gasteiger partial charge in [0.2, 0.25) is 17.7 Å². The van der Waals surface area contributed by atoms with Gasteiger partial charge in [-0.25, -0.2) is 0 Å². The van der Waals surface area contributed by atoms with Crippen molar-refractivity contribution in [2.75, 3.05) is 0 Å². The number of carbonyl (C=O) groups is 4. The van der Waals surface area contributed by atoms with Crippen molar-refractivity contribution in [3.05, 3.63) is 11.6 Å². The van der Waals surface area contributed by atoms with E-state index in [1.54, 1.807) is 0 Å². The topological polar surface area (TPSA) is 179 Å². The van der Waals surface area contributed by atoms with Crippen molar-refractivity contribution in [1.29, 1.82) is 0 Å². The third-order valence-corrected chi connectivity index (χ3v) is 5.69. The van der Waals surface area contributed by atoms with Gasteiger partial charge in [0, 0.05) is 18.4 Å². The smallest absolute Gasteiger partial charge is 0.303 e. The predicted molar refractivity (Wildman–Crippen MR) is 101 cm³/mol. The van der Waals surface area contributed by atoms with Gasteiger partial charge in [-0.1, -0.05) is 18.9 Å². The molecule has 0 aliphatic heterocycles. The van der Waals surface area contributed by atoms with E-state index in [2.05, 4.69) is 10.6 Å². The Bertz CT molecular complexity index is 700. The van der Waals surface area contributed by atoms with E-state index < -0.39 is 53.4 Å². The molecule has 1 fully saturated rings. The molecule has 10 heteroatoms. The van der Waals surface area contributed by atoms with E-state index in [0.29, 0.717) is 12.8 Å². The monoisotopic (exact) mass is 411 g/mol. The molecule has 0 spiro atoms. The molecule has 0 bridgehead atoms. The summed E-state index contributed by atoms with van der Waals surface area (Å²) < 4.78 is 0. The molecule has 0 heterocycles. The third kappa shape index (κ3) is 6.01. The van der Waals surface area contributed by atoms with E-state index in [1.165, 1.54) is 13.0 Å². The highest BCUT2D eigenvalue weighted by molar-refractivity contribution is 5.97. The lowest BCUT2D eigenvalue weighted by Crippen LogP contribution is -2.52.